The normalized spacial score (nSPS) is 12.0. The van der Waals surface area contributed by atoms with E-state index in [-0.39, 0.29) is 18.5 Å². The molecule has 0 fully saturated rings. The highest BCUT2D eigenvalue weighted by molar-refractivity contribution is 5.76. The van der Waals surface area contributed by atoms with E-state index < -0.39 is 0 Å². The first-order chi connectivity index (χ1) is 13.7. The molecule has 4 nitrogen and oxygen atoms in total. The third kappa shape index (κ3) is 4.31. The molecule has 3 aromatic carbocycles. The molecule has 0 spiro atoms. The van der Waals surface area contributed by atoms with E-state index >= 15 is 0 Å². The van der Waals surface area contributed by atoms with Crippen LogP contribution in [-0.2, 0) is 17.8 Å². The average molecular weight is 377 g/mol. The summed E-state index contributed by atoms with van der Waals surface area (Å²) in [4.78, 5) is 12.1. The minimum absolute atomic E-state index is 0.000257. The van der Waals surface area contributed by atoms with E-state index in [1.54, 1.807) is 12.1 Å². The summed E-state index contributed by atoms with van der Waals surface area (Å²) in [6.45, 7) is 0.725. The molecule has 142 valence electrons. The summed E-state index contributed by atoms with van der Waals surface area (Å²) in [5, 5.41) is 2.94. The van der Waals surface area contributed by atoms with Crippen LogP contribution in [0.4, 0.5) is 4.39 Å². The van der Waals surface area contributed by atoms with Gasteiger partial charge in [0, 0.05) is 13.0 Å². The number of halogens is 1. The fourth-order valence-corrected chi connectivity index (χ4v) is 3.10. The highest BCUT2D eigenvalue weighted by atomic mass is 19.1. The highest BCUT2D eigenvalue weighted by Crippen LogP contribution is 2.32. The fraction of sp³-hybridized carbons (Fsp3) is 0.174. The van der Waals surface area contributed by atoms with Crippen LogP contribution in [0.1, 0.15) is 17.5 Å². The van der Waals surface area contributed by atoms with Gasteiger partial charge in [-0.1, -0.05) is 42.5 Å². The first-order valence-corrected chi connectivity index (χ1v) is 9.17. The van der Waals surface area contributed by atoms with E-state index in [0.717, 1.165) is 33.8 Å². The zero-order chi connectivity index (χ0) is 19.3. The van der Waals surface area contributed by atoms with Crippen LogP contribution in [0.2, 0.25) is 0 Å². The topological polar surface area (TPSA) is 47.6 Å². The molecule has 28 heavy (non-hydrogen) atoms. The number of carbonyl (C=O) groups excluding carboxylic acids is 1. The molecule has 0 aliphatic carbocycles. The van der Waals surface area contributed by atoms with Crippen molar-refractivity contribution in [3.05, 3.63) is 83.7 Å². The number of hydrogen-bond acceptors (Lipinski definition) is 3. The maximum Gasteiger partial charge on any atom is 0.231 e. The number of ether oxygens (including phenoxy) is 2. The Hall–Kier alpha value is -3.34. The molecular weight excluding hydrogens is 357 g/mol. The SMILES string of the molecule is O=C(CCc1ccc2c(c1)OCO2)NCc1ccc(-c2ccc(F)cc2)cc1. The Bertz CT molecular complexity index is 968. The Morgan fingerprint density at radius 3 is 2.25 bits per heavy atom. The van der Waals surface area contributed by atoms with Gasteiger partial charge in [-0.05, 0) is 52.9 Å². The van der Waals surface area contributed by atoms with E-state index in [9.17, 15) is 9.18 Å². The Kier molecular flexibility index (Phi) is 5.24. The van der Waals surface area contributed by atoms with Crippen LogP contribution in [0.25, 0.3) is 11.1 Å². The predicted molar refractivity (Wildman–Crippen MR) is 105 cm³/mol. The molecule has 0 saturated heterocycles. The smallest absolute Gasteiger partial charge is 0.231 e. The van der Waals surface area contributed by atoms with Crippen molar-refractivity contribution < 1.29 is 18.7 Å². The lowest BCUT2D eigenvalue weighted by atomic mass is 10.0. The monoisotopic (exact) mass is 377 g/mol. The van der Waals surface area contributed by atoms with Crippen molar-refractivity contribution in [2.75, 3.05) is 6.79 Å². The lowest BCUT2D eigenvalue weighted by molar-refractivity contribution is -0.121. The molecule has 1 aliphatic rings. The van der Waals surface area contributed by atoms with Crippen LogP contribution in [0, 0.1) is 5.82 Å². The van der Waals surface area contributed by atoms with Gasteiger partial charge in [0.05, 0.1) is 0 Å². The second kappa shape index (κ2) is 8.13. The second-order valence-corrected chi connectivity index (χ2v) is 6.67. The molecule has 0 radical (unpaired) electrons. The number of benzene rings is 3. The summed E-state index contributed by atoms with van der Waals surface area (Å²) in [5.41, 5.74) is 4.03. The van der Waals surface area contributed by atoms with Crippen LogP contribution < -0.4 is 14.8 Å². The van der Waals surface area contributed by atoms with Gasteiger partial charge in [0.1, 0.15) is 5.82 Å². The van der Waals surface area contributed by atoms with E-state index in [1.165, 1.54) is 12.1 Å². The van der Waals surface area contributed by atoms with E-state index in [4.69, 9.17) is 9.47 Å². The van der Waals surface area contributed by atoms with Gasteiger partial charge in [-0.2, -0.15) is 0 Å². The van der Waals surface area contributed by atoms with Crippen molar-refractivity contribution in [2.45, 2.75) is 19.4 Å². The van der Waals surface area contributed by atoms with Gasteiger partial charge in [-0.25, -0.2) is 4.39 Å². The van der Waals surface area contributed by atoms with Crippen molar-refractivity contribution >= 4 is 5.91 Å². The van der Waals surface area contributed by atoms with Crippen LogP contribution in [0.3, 0.4) is 0 Å². The van der Waals surface area contributed by atoms with Gasteiger partial charge in [0.25, 0.3) is 0 Å². The molecule has 0 saturated carbocycles. The fourth-order valence-electron chi connectivity index (χ4n) is 3.10. The standard InChI is InChI=1S/C23H20FNO3/c24-20-9-7-19(8-10-20)18-5-1-17(2-6-18)14-25-23(26)12-4-16-3-11-21-22(13-16)28-15-27-21/h1-3,5-11,13H,4,12,14-15H2,(H,25,26). The van der Waals surface area contributed by atoms with Crippen molar-refractivity contribution in [3.8, 4) is 22.6 Å². The molecule has 0 bridgehead atoms. The highest BCUT2D eigenvalue weighted by Gasteiger charge is 2.13. The summed E-state index contributed by atoms with van der Waals surface area (Å²) in [7, 11) is 0. The Balaban J connectivity index is 1.27. The van der Waals surface area contributed by atoms with Gasteiger partial charge in [-0.3, -0.25) is 4.79 Å². The molecule has 1 amide bonds. The molecular formula is C23H20FNO3. The van der Waals surface area contributed by atoms with Crippen molar-refractivity contribution in [3.63, 3.8) is 0 Å². The molecule has 4 rings (SSSR count). The number of hydrogen-bond donors (Lipinski definition) is 1. The number of carbonyl (C=O) groups is 1. The van der Waals surface area contributed by atoms with Gasteiger partial charge in [-0.15, -0.1) is 0 Å². The Morgan fingerprint density at radius 2 is 1.50 bits per heavy atom. The summed E-state index contributed by atoms with van der Waals surface area (Å²) in [5.74, 6) is 1.24. The zero-order valence-corrected chi connectivity index (χ0v) is 15.3. The van der Waals surface area contributed by atoms with Crippen molar-refractivity contribution in [1.29, 1.82) is 0 Å². The van der Waals surface area contributed by atoms with Crippen molar-refractivity contribution in [1.82, 2.24) is 5.32 Å². The number of aryl methyl sites for hydroxylation is 1. The van der Waals surface area contributed by atoms with E-state index in [0.29, 0.717) is 19.4 Å². The van der Waals surface area contributed by atoms with Gasteiger partial charge < -0.3 is 14.8 Å². The number of fused-ring (bicyclic) bond motifs is 1. The van der Waals surface area contributed by atoms with E-state index in [2.05, 4.69) is 5.32 Å². The molecule has 0 unspecified atom stereocenters. The Morgan fingerprint density at radius 1 is 0.857 bits per heavy atom. The second-order valence-electron chi connectivity index (χ2n) is 6.67. The van der Waals surface area contributed by atoms with E-state index in [1.807, 2.05) is 42.5 Å². The third-order valence-electron chi connectivity index (χ3n) is 4.70. The molecule has 5 heteroatoms. The first kappa shape index (κ1) is 18.0. The predicted octanol–water partition coefficient (Wildman–Crippen LogP) is 4.47. The maximum absolute atomic E-state index is 13.0. The number of rotatable bonds is 6. The van der Waals surface area contributed by atoms with Gasteiger partial charge in [0.2, 0.25) is 12.7 Å². The summed E-state index contributed by atoms with van der Waals surface area (Å²) in [6, 6.07) is 20.0. The first-order valence-electron chi connectivity index (χ1n) is 9.17. The van der Waals surface area contributed by atoms with Crippen molar-refractivity contribution in [2.24, 2.45) is 0 Å². The zero-order valence-electron chi connectivity index (χ0n) is 15.3. The average Bonchev–Trinajstić information content (AvgIpc) is 3.19. The number of nitrogens with one attached hydrogen (secondary N) is 1. The minimum Gasteiger partial charge on any atom is -0.454 e. The number of amides is 1. The largest absolute Gasteiger partial charge is 0.454 e. The summed E-state index contributed by atoms with van der Waals surface area (Å²) >= 11 is 0. The van der Waals surface area contributed by atoms with Crippen LogP contribution in [-0.4, -0.2) is 12.7 Å². The molecule has 0 aromatic heterocycles. The lowest BCUT2D eigenvalue weighted by Gasteiger charge is -2.08. The molecule has 1 N–H and O–H groups in total. The third-order valence-corrected chi connectivity index (χ3v) is 4.70. The minimum atomic E-state index is -0.246. The molecule has 1 heterocycles. The Labute approximate surface area is 162 Å². The molecule has 0 atom stereocenters. The quantitative estimate of drug-likeness (QED) is 0.689. The van der Waals surface area contributed by atoms with Crippen LogP contribution >= 0.6 is 0 Å². The van der Waals surface area contributed by atoms with Crippen LogP contribution in [0.15, 0.2) is 66.7 Å². The molecule has 3 aromatic rings. The summed E-state index contributed by atoms with van der Waals surface area (Å²) in [6.07, 6.45) is 1.05. The van der Waals surface area contributed by atoms with Gasteiger partial charge in [0.15, 0.2) is 11.5 Å². The lowest BCUT2D eigenvalue weighted by Crippen LogP contribution is -2.22. The summed E-state index contributed by atoms with van der Waals surface area (Å²) < 4.78 is 23.7. The molecule has 1 aliphatic heterocycles. The van der Waals surface area contributed by atoms with Crippen LogP contribution in [0.5, 0.6) is 11.5 Å². The maximum atomic E-state index is 13.0. The van der Waals surface area contributed by atoms with Gasteiger partial charge >= 0.3 is 0 Å².